The van der Waals surface area contributed by atoms with Crippen LogP contribution >= 0.6 is 11.3 Å². The highest BCUT2D eigenvalue weighted by atomic mass is 32.1. The number of carbonyl (C=O) groups excluding carboxylic acids is 1. The molecule has 1 N–H and O–H groups in total. The number of hydrogen-bond donors (Lipinski definition) is 1. The van der Waals surface area contributed by atoms with Gasteiger partial charge < -0.3 is 9.88 Å². The quantitative estimate of drug-likeness (QED) is 0.526. The second-order valence-corrected chi connectivity index (χ2v) is 7.22. The van der Waals surface area contributed by atoms with Gasteiger partial charge in [0, 0.05) is 37.1 Å². The third-order valence-electron chi connectivity index (χ3n) is 4.21. The SMILES string of the molecule is O=C(Cc1csc(-c2ccccn2)n1)NCc1ccc(Cn2ccnc2)cc1. The van der Waals surface area contributed by atoms with E-state index in [1.54, 1.807) is 18.7 Å². The molecule has 0 aliphatic carbocycles. The summed E-state index contributed by atoms with van der Waals surface area (Å²) in [6, 6.07) is 13.9. The Hall–Kier alpha value is -3.32. The van der Waals surface area contributed by atoms with Crippen molar-refractivity contribution < 1.29 is 4.79 Å². The number of carbonyl (C=O) groups is 1. The highest BCUT2D eigenvalue weighted by Gasteiger charge is 2.09. The minimum atomic E-state index is -0.0413. The Morgan fingerprint density at radius 3 is 2.68 bits per heavy atom. The first kappa shape index (κ1) is 18.1. The first-order valence-electron chi connectivity index (χ1n) is 8.92. The van der Waals surface area contributed by atoms with Crippen LogP contribution in [0.15, 0.2) is 72.8 Å². The van der Waals surface area contributed by atoms with Crippen LogP contribution in [0.4, 0.5) is 0 Å². The maximum atomic E-state index is 12.2. The van der Waals surface area contributed by atoms with E-state index in [9.17, 15) is 4.79 Å². The van der Waals surface area contributed by atoms with Crippen LogP contribution in [0.25, 0.3) is 10.7 Å². The monoisotopic (exact) mass is 389 g/mol. The Morgan fingerprint density at radius 2 is 1.93 bits per heavy atom. The summed E-state index contributed by atoms with van der Waals surface area (Å²) in [5.74, 6) is -0.0413. The molecule has 1 amide bonds. The molecule has 3 aromatic heterocycles. The van der Waals surface area contributed by atoms with Crippen molar-refractivity contribution in [3.05, 3.63) is 89.6 Å². The van der Waals surface area contributed by atoms with Gasteiger partial charge in [0.25, 0.3) is 0 Å². The first-order chi connectivity index (χ1) is 13.8. The summed E-state index contributed by atoms with van der Waals surface area (Å²) in [7, 11) is 0. The summed E-state index contributed by atoms with van der Waals surface area (Å²) in [5.41, 5.74) is 3.85. The van der Waals surface area contributed by atoms with E-state index in [0.29, 0.717) is 6.54 Å². The number of nitrogens with one attached hydrogen (secondary N) is 1. The zero-order chi connectivity index (χ0) is 19.2. The third kappa shape index (κ3) is 4.69. The summed E-state index contributed by atoms with van der Waals surface area (Å²) in [6.45, 7) is 1.29. The number of aromatic nitrogens is 4. The number of pyridine rings is 1. The van der Waals surface area contributed by atoms with Crippen molar-refractivity contribution >= 4 is 17.2 Å². The number of amides is 1. The molecular weight excluding hydrogens is 370 g/mol. The minimum Gasteiger partial charge on any atom is -0.352 e. The average molecular weight is 389 g/mol. The van der Waals surface area contributed by atoms with E-state index in [2.05, 4.69) is 32.4 Å². The molecule has 0 spiro atoms. The van der Waals surface area contributed by atoms with Crippen LogP contribution in [0.1, 0.15) is 16.8 Å². The molecule has 0 fully saturated rings. The molecule has 0 saturated carbocycles. The second kappa shape index (κ2) is 8.58. The van der Waals surface area contributed by atoms with Gasteiger partial charge in [-0.25, -0.2) is 9.97 Å². The van der Waals surface area contributed by atoms with E-state index in [-0.39, 0.29) is 12.3 Å². The summed E-state index contributed by atoms with van der Waals surface area (Å²) in [4.78, 5) is 25.1. The first-order valence-corrected chi connectivity index (χ1v) is 9.80. The molecule has 140 valence electrons. The number of hydrogen-bond acceptors (Lipinski definition) is 5. The molecule has 6 nitrogen and oxygen atoms in total. The van der Waals surface area contributed by atoms with E-state index in [4.69, 9.17) is 0 Å². The Labute approximate surface area is 166 Å². The van der Waals surface area contributed by atoms with E-state index in [1.807, 2.05) is 46.5 Å². The van der Waals surface area contributed by atoms with Gasteiger partial charge in [-0.2, -0.15) is 0 Å². The van der Waals surface area contributed by atoms with Crippen LogP contribution < -0.4 is 5.32 Å². The predicted molar refractivity (Wildman–Crippen MR) is 109 cm³/mol. The van der Waals surface area contributed by atoms with Crippen molar-refractivity contribution in [2.75, 3.05) is 0 Å². The van der Waals surface area contributed by atoms with Gasteiger partial charge in [-0.15, -0.1) is 11.3 Å². The smallest absolute Gasteiger partial charge is 0.226 e. The summed E-state index contributed by atoms with van der Waals surface area (Å²) in [6.07, 6.45) is 7.51. The molecule has 0 unspecified atom stereocenters. The van der Waals surface area contributed by atoms with Crippen LogP contribution in [0.5, 0.6) is 0 Å². The molecule has 0 aliphatic rings. The lowest BCUT2D eigenvalue weighted by Crippen LogP contribution is -2.24. The molecule has 0 aliphatic heterocycles. The summed E-state index contributed by atoms with van der Waals surface area (Å²) < 4.78 is 2.02. The number of rotatable bonds is 7. The molecule has 0 saturated heterocycles. The molecule has 28 heavy (non-hydrogen) atoms. The largest absolute Gasteiger partial charge is 0.352 e. The predicted octanol–water partition coefficient (Wildman–Crippen LogP) is 3.31. The van der Waals surface area contributed by atoms with Crippen molar-refractivity contribution in [3.8, 4) is 10.7 Å². The molecule has 4 aromatic rings. The topological polar surface area (TPSA) is 72.7 Å². The van der Waals surface area contributed by atoms with Gasteiger partial charge in [0.2, 0.25) is 5.91 Å². The molecule has 3 heterocycles. The fourth-order valence-electron chi connectivity index (χ4n) is 2.78. The number of nitrogens with zero attached hydrogens (tertiary/aromatic N) is 4. The fourth-order valence-corrected chi connectivity index (χ4v) is 3.57. The lowest BCUT2D eigenvalue weighted by Gasteiger charge is -2.07. The van der Waals surface area contributed by atoms with Crippen LogP contribution in [0.2, 0.25) is 0 Å². The normalized spacial score (nSPS) is 10.7. The maximum absolute atomic E-state index is 12.2. The van der Waals surface area contributed by atoms with Crippen molar-refractivity contribution in [2.45, 2.75) is 19.5 Å². The molecular formula is C21H19N5OS. The van der Waals surface area contributed by atoms with Crippen LogP contribution in [-0.4, -0.2) is 25.4 Å². The fraction of sp³-hybridized carbons (Fsp3) is 0.143. The Morgan fingerprint density at radius 1 is 1.07 bits per heavy atom. The molecule has 0 radical (unpaired) electrons. The van der Waals surface area contributed by atoms with E-state index >= 15 is 0 Å². The number of thiazole rings is 1. The third-order valence-corrected chi connectivity index (χ3v) is 5.13. The van der Waals surface area contributed by atoms with Crippen molar-refractivity contribution in [3.63, 3.8) is 0 Å². The number of imidazole rings is 1. The summed E-state index contributed by atoms with van der Waals surface area (Å²) in [5, 5.41) is 5.70. The number of benzene rings is 1. The van der Waals surface area contributed by atoms with Gasteiger partial charge in [0.15, 0.2) is 0 Å². The van der Waals surface area contributed by atoms with Crippen molar-refractivity contribution in [1.29, 1.82) is 0 Å². The zero-order valence-electron chi connectivity index (χ0n) is 15.2. The van der Waals surface area contributed by atoms with Gasteiger partial charge >= 0.3 is 0 Å². The van der Waals surface area contributed by atoms with Crippen LogP contribution in [-0.2, 0) is 24.3 Å². The van der Waals surface area contributed by atoms with E-state index < -0.39 is 0 Å². The molecule has 0 bridgehead atoms. The average Bonchev–Trinajstić information content (AvgIpc) is 3.40. The molecule has 4 rings (SSSR count). The lowest BCUT2D eigenvalue weighted by atomic mass is 10.1. The van der Waals surface area contributed by atoms with Gasteiger partial charge in [-0.3, -0.25) is 9.78 Å². The Kier molecular flexibility index (Phi) is 5.53. The van der Waals surface area contributed by atoms with Gasteiger partial charge in [-0.05, 0) is 23.3 Å². The molecule has 1 aromatic carbocycles. The van der Waals surface area contributed by atoms with Gasteiger partial charge in [0.1, 0.15) is 5.01 Å². The van der Waals surface area contributed by atoms with Crippen LogP contribution in [0.3, 0.4) is 0 Å². The van der Waals surface area contributed by atoms with Gasteiger partial charge in [0.05, 0.1) is 24.1 Å². The highest BCUT2D eigenvalue weighted by molar-refractivity contribution is 7.13. The van der Waals surface area contributed by atoms with E-state index in [0.717, 1.165) is 28.5 Å². The lowest BCUT2D eigenvalue weighted by molar-refractivity contribution is -0.120. The standard InChI is InChI=1S/C21H19N5OS/c27-20(11-18-14-28-21(25-18)19-3-1-2-8-23-19)24-12-16-4-6-17(7-5-16)13-26-10-9-22-15-26/h1-10,14-15H,11-13H2,(H,24,27). The molecule has 7 heteroatoms. The van der Waals surface area contributed by atoms with Crippen molar-refractivity contribution in [1.82, 2.24) is 24.8 Å². The Balaban J connectivity index is 1.28. The zero-order valence-corrected chi connectivity index (χ0v) is 16.0. The van der Waals surface area contributed by atoms with Crippen molar-refractivity contribution in [2.24, 2.45) is 0 Å². The van der Waals surface area contributed by atoms with Gasteiger partial charge in [-0.1, -0.05) is 30.3 Å². The second-order valence-electron chi connectivity index (χ2n) is 6.36. The molecule has 0 atom stereocenters. The minimum absolute atomic E-state index is 0.0413. The van der Waals surface area contributed by atoms with Crippen LogP contribution in [0, 0.1) is 0 Å². The highest BCUT2D eigenvalue weighted by Crippen LogP contribution is 2.21. The van der Waals surface area contributed by atoms with E-state index in [1.165, 1.54) is 16.9 Å². The summed E-state index contributed by atoms with van der Waals surface area (Å²) >= 11 is 1.50. The Bertz CT molecular complexity index is 1030. The maximum Gasteiger partial charge on any atom is 0.226 e.